The predicted octanol–water partition coefficient (Wildman–Crippen LogP) is 1.60. The zero-order chi connectivity index (χ0) is 15.5. The first-order valence-electron chi connectivity index (χ1n) is 6.63. The number of halogens is 2. The maximum absolute atomic E-state index is 12.0. The first kappa shape index (κ1) is 19.9. The molecular weight excluding hydrogens is 414 g/mol. The summed E-state index contributed by atoms with van der Waals surface area (Å²) in [5.74, 6) is -0.346. The predicted molar refractivity (Wildman–Crippen MR) is 92.9 cm³/mol. The number of carbonyl (C=O) groups is 1. The van der Waals surface area contributed by atoms with Crippen molar-refractivity contribution < 1.29 is 13.2 Å². The van der Waals surface area contributed by atoms with Gasteiger partial charge in [-0.05, 0) is 40.9 Å². The monoisotopic (exact) mass is 431 g/mol. The summed E-state index contributed by atoms with van der Waals surface area (Å²) in [5.41, 5.74) is 5.37. The number of rotatable bonds is 6. The first-order valence-corrected chi connectivity index (χ1v) is 9.72. The molecule has 4 N–H and O–H groups in total. The van der Waals surface area contributed by atoms with E-state index in [0.717, 1.165) is 40.8 Å². The second-order valence-corrected chi connectivity index (χ2v) is 9.58. The molecule has 0 bridgehead atoms. The molecule has 1 saturated carbocycles. The molecule has 1 heterocycles. The number of carbonyl (C=O) groups excluding carboxylic acids is 1. The van der Waals surface area contributed by atoms with Crippen molar-refractivity contribution in [3.8, 4) is 0 Å². The van der Waals surface area contributed by atoms with Crippen molar-refractivity contribution in [2.45, 2.75) is 35.4 Å². The summed E-state index contributed by atoms with van der Waals surface area (Å²) in [4.78, 5) is 11.9. The Bertz CT molecular complexity index is 615. The quantitative estimate of drug-likeness (QED) is 0.635. The molecule has 1 aliphatic carbocycles. The normalized spacial score (nSPS) is 17.0. The molecule has 1 aromatic rings. The van der Waals surface area contributed by atoms with Crippen LogP contribution in [0.2, 0.25) is 0 Å². The fourth-order valence-corrected chi connectivity index (χ4v) is 5.48. The molecule has 1 fully saturated rings. The van der Waals surface area contributed by atoms with Gasteiger partial charge in [0.1, 0.15) is 4.21 Å². The highest BCUT2D eigenvalue weighted by molar-refractivity contribution is 9.11. The maximum atomic E-state index is 12.0. The molecule has 1 aromatic heterocycles. The average Bonchev–Trinajstić information content (AvgIpc) is 3.07. The van der Waals surface area contributed by atoms with E-state index in [0.29, 0.717) is 6.54 Å². The van der Waals surface area contributed by atoms with E-state index in [9.17, 15) is 13.2 Å². The Morgan fingerprint density at radius 3 is 2.50 bits per heavy atom. The lowest BCUT2D eigenvalue weighted by molar-refractivity contribution is -0.121. The van der Waals surface area contributed by atoms with Crippen LogP contribution in [-0.4, -0.2) is 33.0 Å². The summed E-state index contributed by atoms with van der Waals surface area (Å²) < 4.78 is 27.2. The highest BCUT2D eigenvalue weighted by Gasteiger charge is 2.33. The number of hydrogen-bond donors (Lipinski definition) is 3. The zero-order valence-electron chi connectivity index (χ0n) is 11.8. The molecule has 0 saturated heterocycles. The van der Waals surface area contributed by atoms with Gasteiger partial charge in [-0.2, -0.15) is 0 Å². The Hall–Kier alpha value is -0.190. The second-order valence-electron chi connectivity index (χ2n) is 5.12. The SMILES string of the molecule is Cl.NCC1(NC(=O)CNS(=O)(=O)c2ccc(Br)s2)CCCC1. The molecule has 6 nitrogen and oxygen atoms in total. The number of nitrogens with two attached hydrogens (primary N) is 1. The van der Waals surface area contributed by atoms with Crippen LogP contribution in [0.1, 0.15) is 25.7 Å². The molecule has 0 atom stereocenters. The Morgan fingerprint density at radius 2 is 2.00 bits per heavy atom. The lowest BCUT2D eigenvalue weighted by atomic mass is 9.98. The summed E-state index contributed by atoms with van der Waals surface area (Å²) >= 11 is 4.31. The largest absolute Gasteiger partial charge is 0.348 e. The molecule has 126 valence electrons. The second kappa shape index (κ2) is 8.07. The summed E-state index contributed by atoms with van der Waals surface area (Å²) in [6.45, 7) is 0.100. The third kappa shape index (κ3) is 4.90. The molecule has 1 aliphatic rings. The smallest absolute Gasteiger partial charge is 0.250 e. The minimum atomic E-state index is -3.65. The van der Waals surface area contributed by atoms with Crippen molar-refractivity contribution in [2.75, 3.05) is 13.1 Å². The molecule has 10 heteroatoms. The highest BCUT2D eigenvalue weighted by atomic mass is 79.9. The lowest BCUT2D eigenvalue weighted by Gasteiger charge is -2.28. The zero-order valence-corrected chi connectivity index (χ0v) is 15.8. The Balaban J connectivity index is 0.00000242. The molecular formula is C12H19BrClN3O3S2. The van der Waals surface area contributed by atoms with Gasteiger partial charge >= 0.3 is 0 Å². The third-order valence-electron chi connectivity index (χ3n) is 3.59. The van der Waals surface area contributed by atoms with E-state index >= 15 is 0 Å². The van der Waals surface area contributed by atoms with Gasteiger partial charge < -0.3 is 11.1 Å². The van der Waals surface area contributed by atoms with Crippen LogP contribution in [0.5, 0.6) is 0 Å². The van der Waals surface area contributed by atoms with E-state index in [1.807, 2.05) is 0 Å². The highest BCUT2D eigenvalue weighted by Crippen LogP contribution is 2.28. The van der Waals surface area contributed by atoms with Crippen LogP contribution in [0.25, 0.3) is 0 Å². The topological polar surface area (TPSA) is 101 Å². The fourth-order valence-electron chi connectivity index (χ4n) is 2.45. The minimum absolute atomic E-state index is 0. The van der Waals surface area contributed by atoms with Crippen molar-refractivity contribution in [2.24, 2.45) is 5.73 Å². The third-order valence-corrected chi connectivity index (χ3v) is 7.11. The van der Waals surface area contributed by atoms with Crippen molar-refractivity contribution in [1.29, 1.82) is 0 Å². The molecule has 0 unspecified atom stereocenters. The van der Waals surface area contributed by atoms with Gasteiger partial charge in [0.05, 0.1) is 15.9 Å². The minimum Gasteiger partial charge on any atom is -0.348 e. The van der Waals surface area contributed by atoms with E-state index in [1.165, 1.54) is 6.07 Å². The fraction of sp³-hybridized carbons (Fsp3) is 0.583. The van der Waals surface area contributed by atoms with Crippen LogP contribution in [0, 0.1) is 0 Å². The molecule has 0 aliphatic heterocycles. The van der Waals surface area contributed by atoms with Gasteiger partial charge in [-0.3, -0.25) is 4.79 Å². The van der Waals surface area contributed by atoms with E-state index < -0.39 is 10.0 Å². The molecule has 0 spiro atoms. The lowest BCUT2D eigenvalue weighted by Crippen LogP contribution is -2.54. The Kier molecular flexibility index (Phi) is 7.28. The van der Waals surface area contributed by atoms with Gasteiger partial charge in [-0.1, -0.05) is 12.8 Å². The number of sulfonamides is 1. The van der Waals surface area contributed by atoms with Crippen molar-refractivity contribution in [3.05, 3.63) is 15.9 Å². The van der Waals surface area contributed by atoms with Crippen LogP contribution >= 0.6 is 39.7 Å². The number of hydrogen-bond acceptors (Lipinski definition) is 5. The van der Waals surface area contributed by atoms with E-state index in [2.05, 4.69) is 26.0 Å². The molecule has 22 heavy (non-hydrogen) atoms. The molecule has 2 rings (SSSR count). The van der Waals surface area contributed by atoms with Gasteiger partial charge in [0.2, 0.25) is 5.91 Å². The Morgan fingerprint density at radius 1 is 1.36 bits per heavy atom. The van der Waals surface area contributed by atoms with Crippen LogP contribution in [0.15, 0.2) is 20.1 Å². The molecule has 0 aromatic carbocycles. The molecule has 0 radical (unpaired) electrons. The van der Waals surface area contributed by atoms with Crippen molar-refractivity contribution in [3.63, 3.8) is 0 Å². The summed E-state index contributed by atoms with van der Waals surface area (Å²) in [5, 5.41) is 2.87. The Labute approximate surface area is 148 Å². The van der Waals surface area contributed by atoms with Gasteiger partial charge in [-0.25, -0.2) is 13.1 Å². The van der Waals surface area contributed by atoms with E-state index in [-0.39, 0.29) is 34.6 Å². The van der Waals surface area contributed by atoms with Crippen LogP contribution in [0.4, 0.5) is 0 Å². The number of thiophene rings is 1. The van der Waals surface area contributed by atoms with Gasteiger partial charge in [0.25, 0.3) is 10.0 Å². The van der Waals surface area contributed by atoms with Gasteiger partial charge in [0.15, 0.2) is 0 Å². The number of nitrogens with one attached hydrogen (secondary N) is 2. The summed E-state index contributed by atoms with van der Waals surface area (Å²) in [6, 6.07) is 3.15. The van der Waals surface area contributed by atoms with Gasteiger partial charge in [-0.15, -0.1) is 23.7 Å². The van der Waals surface area contributed by atoms with Crippen LogP contribution in [-0.2, 0) is 14.8 Å². The standard InChI is InChI=1S/C12H18BrN3O3S2.ClH/c13-9-3-4-11(20-9)21(18,19)15-7-10(17)16-12(8-14)5-1-2-6-12;/h3-4,15H,1-2,5-8,14H2,(H,16,17);1H. The summed E-state index contributed by atoms with van der Waals surface area (Å²) in [7, 11) is -3.65. The first-order chi connectivity index (χ1) is 9.87. The summed E-state index contributed by atoms with van der Waals surface area (Å²) in [6.07, 6.45) is 3.76. The van der Waals surface area contributed by atoms with Gasteiger partial charge in [0, 0.05) is 6.54 Å². The van der Waals surface area contributed by atoms with E-state index in [1.54, 1.807) is 6.07 Å². The van der Waals surface area contributed by atoms with E-state index in [4.69, 9.17) is 5.73 Å². The maximum Gasteiger partial charge on any atom is 0.250 e. The number of amides is 1. The van der Waals surface area contributed by atoms with Crippen LogP contribution < -0.4 is 15.8 Å². The van der Waals surface area contributed by atoms with Crippen LogP contribution in [0.3, 0.4) is 0 Å². The van der Waals surface area contributed by atoms with Crippen molar-refractivity contribution in [1.82, 2.24) is 10.0 Å². The molecule has 1 amide bonds. The average molecular weight is 433 g/mol. The van der Waals surface area contributed by atoms with Crippen molar-refractivity contribution >= 4 is 55.6 Å².